The molecule has 0 saturated carbocycles. The lowest BCUT2D eigenvalue weighted by Crippen LogP contribution is -1.86. The van der Waals surface area contributed by atoms with E-state index in [0.717, 1.165) is 22.5 Å². The minimum Gasteiger partial charge on any atom is -0.507 e. The second-order valence-corrected chi connectivity index (χ2v) is 8.19. The van der Waals surface area contributed by atoms with Crippen molar-refractivity contribution in [3.8, 4) is 23.0 Å². The molecule has 0 unspecified atom stereocenters. The summed E-state index contributed by atoms with van der Waals surface area (Å²) in [6, 6.07) is 25.0. The first-order valence-corrected chi connectivity index (χ1v) is 11.8. The highest BCUT2D eigenvalue weighted by Crippen LogP contribution is 2.27. The van der Waals surface area contributed by atoms with E-state index in [2.05, 4.69) is 9.98 Å². The van der Waals surface area contributed by atoms with Crippen LogP contribution in [0.25, 0.3) is 0 Å². The Morgan fingerprint density at radius 2 is 1.00 bits per heavy atom. The third-order valence-electron chi connectivity index (χ3n) is 5.11. The van der Waals surface area contributed by atoms with Crippen LogP contribution in [0.4, 0.5) is 11.4 Å². The van der Waals surface area contributed by atoms with Gasteiger partial charge in [-0.15, -0.1) is 23.2 Å². The molecular weight excluding hydrogens is 483 g/mol. The summed E-state index contributed by atoms with van der Waals surface area (Å²) in [5, 5.41) is 20.0. The van der Waals surface area contributed by atoms with Gasteiger partial charge in [-0.3, -0.25) is 9.98 Å². The SMILES string of the molecule is Oc1ccc(CCl)cc1C=Nc1ccc(Oc2ccc(N=Cc3cc(CCl)ccc3O)cc2)cc1. The molecule has 0 heterocycles. The van der Waals surface area contributed by atoms with Crippen molar-refractivity contribution in [2.75, 3.05) is 0 Å². The number of benzene rings is 4. The second-order valence-electron chi connectivity index (χ2n) is 7.66. The van der Waals surface area contributed by atoms with Gasteiger partial charge in [-0.25, -0.2) is 0 Å². The Labute approximate surface area is 213 Å². The third kappa shape index (κ3) is 6.63. The Morgan fingerprint density at radius 1 is 0.600 bits per heavy atom. The highest BCUT2D eigenvalue weighted by atomic mass is 35.5. The molecule has 0 amide bonds. The number of phenolic OH excluding ortho intramolecular Hbond substituents is 2. The van der Waals surface area contributed by atoms with Crippen molar-refractivity contribution in [1.29, 1.82) is 0 Å². The number of hydrogen-bond donors (Lipinski definition) is 2. The minimum absolute atomic E-state index is 0.149. The molecule has 176 valence electrons. The first kappa shape index (κ1) is 24.3. The number of aromatic hydroxyl groups is 2. The molecule has 0 bridgehead atoms. The van der Waals surface area contributed by atoms with Crippen LogP contribution >= 0.6 is 23.2 Å². The molecule has 35 heavy (non-hydrogen) atoms. The fourth-order valence-corrected chi connectivity index (χ4v) is 3.54. The van der Waals surface area contributed by atoms with E-state index in [-0.39, 0.29) is 11.5 Å². The molecule has 5 nitrogen and oxygen atoms in total. The van der Waals surface area contributed by atoms with E-state index < -0.39 is 0 Å². The molecule has 0 aliphatic carbocycles. The average molecular weight is 505 g/mol. The van der Waals surface area contributed by atoms with Gasteiger partial charge in [0.15, 0.2) is 0 Å². The van der Waals surface area contributed by atoms with Crippen molar-refractivity contribution in [2.45, 2.75) is 11.8 Å². The van der Waals surface area contributed by atoms with Crippen molar-refractivity contribution in [2.24, 2.45) is 9.98 Å². The lowest BCUT2D eigenvalue weighted by Gasteiger charge is -2.06. The van der Waals surface area contributed by atoms with E-state index in [4.69, 9.17) is 27.9 Å². The van der Waals surface area contributed by atoms with Gasteiger partial charge in [0.2, 0.25) is 0 Å². The summed E-state index contributed by atoms with van der Waals surface area (Å²) in [4.78, 5) is 8.82. The number of ether oxygens (including phenoxy) is 1. The number of hydrogen-bond acceptors (Lipinski definition) is 5. The summed E-state index contributed by atoms with van der Waals surface area (Å²) in [7, 11) is 0. The summed E-state index contributed by atoms with van der Waals surface area (Å²) in [5.74, 6) is 2.36. The Balaban J connectivity index is 1.38. The van der Waals surface area contributed by atoms with Crippen LogP contribution in [0.3, 0.4) is 0 Å². The molecule has 7 heteroatoms. The standard InChI is InChI=1S/C28H22Cl2N2O3/c29-15-19-1-11-27(33)21(13-19)17-31-23-3-7-25(8-4-23)35-26-9-5-24(6-10-26)32-18-22-14-20(16-30)2-12-28(22)34/h1-14,17-18,33-34H,15-16H2. The molecule has 0 radical (unpaired) electrons. The highest BCUT2D eigenvalue weighted by Gasteiger charge is 2.03. The molecule has 0 aliphatic rings. The zero-order valence-corrected chi connectivity index (χ0v) is 20.1. The largest absolute Gasteiger partial charge is 0.507 e. The van der Waals surface area contributed by atoms with Gasteiger partial charge in [0, 0.05) is 35.3 Å². The van der Waals surface area contributed by atoms with Gasteiger partial charge in [0.1, 0.15) is 23.0 Å². The summed E-state index contributed by atoms with van der Waals surface area (Å²) in [5.41, 5.74) is 4.47. The summed E-state index contributed by atoms with van der Waals surface area (Å²) in [6.45, 7) is 0. The van der Waals surface area contributed by atoms with Crippen LogP contribution in [0.1, 0.15) is 22.3 Å². The Morgan fingerprint density at radius 3 is 1.37 bits per heavy atom. The van der Waals surface area contributed by atoms with E-state index in [9.17, 15) is 10.2 Å². The summed E-state index contributed by atoms with van der Waals surface area (Å²) >= 11 is 11.7. The lowest BCUT2D eigenvalue weighted by atomic mass is 10.1. The monoisotopic (exact) mass is 504 g/mol. The normalized spacial score (nSPS) is 11.4. The van der Waals surface area contributed by atoms with E-state index in [0.29, 0.717) is 34.4 Å². The highest BCUT2D eigenvalue weighted by molar-refractivity contribution is 6.17. The maximum atomic E-state index is 9.98. The Hall–Kier alpha value is -3.80. The van der Waals surface area contributed by atoms with Crippen LogP contribution in [-0.2, 0) is 11.8 Å². The number of nitrogens with zero attached hydrogens (tertiary/aromatic N) is 2. The van der Waals surface area contributed by atoms with Crippen LogP contribution in [0.5, 0.6) is 23.0 Å². The zero-order valence-electron chi connectivity index (χ0n) is 18.6. The van der Waals surface area contributed by atoms with Crippen molar-refractivity contribution in [3.63, 3.8) is 0 Å². The maximum absolute atomic E-state index is 9.98. The van der Waals surface area contributed by atoms with Crippen LogP contribution < -0.4 is 4.74 Å². The molecule has 0 atom stereocenters. The molecule has 0 fully saturated rings. The smallest absolute Gasteiger partial charge is 0.127 e. The predicted molar refractivity (Wildman–Crippen MR) is 143 cm³/mol. The molecule has 0 spiro atoms. The molecular formula is C28H22Cl2N2O3. The Bertz CT molecular complexity index is 1250. The van der Waals surface area contributed by atoms with E-state index in [1.54, 1.807) is 48.8 Å². The van der Waals surface area contributed by atoms with Gasteiger partial charge >= 0.3 is 0 Å². The molecule has 4 aromatic rings. The fraction of sp³-hybridized carbons (Fsp3) is 0.0714. The number of alkyl halides is 2. The topological polar surface area (TPSA) is 74.4 Å². The van der Waals surface area contributed by atoms with E-state index in [1.807, 2.05) is 48.5 Å². The van der Waals surface area contributed by atoms with Crippen LogP contribution in [0.15, 0.2) is 94.9 Å². The molecule has 0 saturated heterocycles. The fourth-order valence-electron chi connectivity index (χ4n) is 3.21. The number of rotatable bonds is 8. The quantitative estimate of drug-likeness (QED) is 0.189. The first-order valence-electron chi connectivity index (χ1n) is 10.8. The van der Waals surface area contributed by atoms with Gasteiger partial charge in [-0.2, -0.15) is 0 Å². The zero-order chi connectivity index (χ0) is 24.6. The molecule has 0 aromatic heterocycles. The summed E-state index contributed by atoms with van der Waals surface area (Å²) in [6.07, 6.45) is 3.21. The molecule has 4 rings (SSSR count). The first-order chi connectivity index (χ1) is 17.0. The van der Waals surface area contributed by atoms with Crippen molar-refractivity contribution in [1.82, 2.24) is 0 Å². The molecule has 4 aromatic carbocycles. The number of halogens is 2. The average Bonchev–Trinajstić information content (AvgIpc) is 2.89. The predicted octanol–water partition coefficient (Wildman–Crippen LogP) is 7.87. The van der Waals surface area contributed by atoms with Crippen molar-refractivity contribution >= 4 is 47.0 Å². The van der Waals surface area contributed by atoms with Gasteiger partial charge in [0.05, 0.1) is 11.4 Å². The Kier molecular flexibility index (Phi) is 8.03. The van der Waals surface area contributed by atoms with Gasteiger partial charge in [0.25, 0.3) is 0 Å². The van der Waals surface area contributed by atoms with Gasteiger partial charge in [-0.05, 0) is 83.9 Å². The van der Waals surface area contributed by atoms with E-state index >= 15 is 0 Å². The van der Waals surface area contributed by atoms with Crippen LogP contribution in [0.2, 0.25) is 0 Å². The van der Waals surface area contributed by atoms with Crippen molar-refractivity contribution in [3.05, 3.63) is 107 Å². The van der Waals surface area contributed by atoms with Gasteiger partial charge < -0.3 is 14.9 Å². The number of aliphatic imine (C=N–C) groups is 2. The molecule has 2 N–H and O–H groups in total. The van der Waals surface area contributed by atoms with Crippen LogP contribution in [-0.4, -0.2) is 22.6 Å². The molecule has 0 aliphatic heterocycles. The van der Waals surface area contributed by atoms with Crippen LogP contribution in [0, 0.1) is 0 Å². The maximum Gasteiger partial charge on any atom is 0.127 e. The second kappa shape index (κ2) is 11.6. The number of phenols is 2. The third-order valence-corrected chi connectivity index (χ3v) is 5.72. The van der Waals surface area contributed by atoms with E-state index in [1.165, 1.54) is 0 Å². The minimum atomic E-state index is 0.149. The lowest BCUT2D eigenvalue weighted by molar-refractivity contribution is 0.474. The van der Waals surface area contributed by atoms with Crippen molar-refractivity contribution < 1.29 is 14.9 Å². The summed E-state index contributed by atoms with van der Waals surface area (Å²) < 4.78 is 5.90. The van der Waals surface area contributed by atoms with Gasteiger partial charge in [-0.1, -0.05) is 12.1 Å².